The highest BCUT2D eigenvalue weighted by Crippen LogP contribution is 2.32. The Morgan fingerprint density at radius 1 is 1.02 bits per heavy atom. The van der Waals surface area contributed by atoms with Crippen LogP contribution in [0.1, 0.15) is 56.7 Å². The molecule has 11 heteroatoms. The first-order valence-corrected chi connectivity index (χ1v) is 15.4. The number of aryl methyl sites for hydroxylation is 1. The third-order valence-electron chi connectivity index (χ3n) is 8.26. The summed E-state index contributed by atoms with van der Waals surface area (Å²) in [6, 6.07) is 15.8. The van der Waals surface area contributed by atoms with Gasteiger partial charge >= 0.3 is 6.09 Å². The summed E-state index contributed by atoms with van der Waals surface area (Å²) in [7, 11) is 0. The minimum atomic E-state index is -0.572. The van der Waals surface area contributed by atoms with Crippen LogP contribution in [-0.4, -0.2) is 87.6 Å². The van der Waals surface area contributed by atoms with Crippen molar-refractivity contribution in [3.05, 3.63) is 59.9 Å². The quantitative estimate of drug-likeness (QED) is 0.339. The lowest BCUT2D eigenvalue weighted by molar-refractivity contribution is -0.113. The Hall–Kier alpha value is -4.22. The van der Waals surface area contributed by atoms with E-state index in [1.165, 1.54) is 0 Å². The standard InChI is InChI=1S/C33H41N7O4/c1-5-28-35-25-21-23(31(34)41)9-11-26(25)39(28)29-12-10-22-7-6-8-27(30(22)36-29)37-15-13-24(14-16-37)40(32(42)44-33(2,3)4)38-17-19-43-20-18-38/h6-12,21,24H,5,13-20H2,1-4H3,(H2,34,41). The predicted octanol–water partition coefficient (Wildman–Crippen LogP) is 4.69. The lowest BCUT2D eigenvalue weighted by Crippen LogP contribution is -2.59. The number of anilines is 1. The maximum Gasteiger partial charge on any atom is 0.425 e. The molecule has 0 aliphatic carbocycles. The molecule has 2 aliphatic rings. The average Bonchev–Trinajstić information content (AvgIpc) is 3.39. The zero-order valence-corrected chi connectivity index (χ0v) is 26.0. The number of piperidine rings is 1. The first-order chi connectivity index (χ1) is 21.1. The Balaban J connectivity index is 1.29. The van der Waals surface area contributed by atoms with E-state index in [1.807, 2.05) is 37.9 Å². The fourth-order valence-electron chi connectivity index (χ4n) is 6.20. The Bertz CT molecular complexity index is 1680. The van der Waals surface area contributed by atoms with Crippen molar-refractivity contribution in [2.45, 2.75) is 58.6 Å². The van der Waals surface area contributed by atoms with E-state index in [0.29, 0.717) is 43.8 Å². The third kappa shape index (κ3) is 5.94. The molecule has 6 rings (SSSR count). The van der Waals surface area contributed by atoms with Crippen LogP contribution < -0.4 is 10.6 Å². The number of aromatic nitrogens is 3. The number of hydrogen-bond acceptors (Lipinski definition) is 8. The van der Waals surface area contributed by atoms with Crippen molar-refractivity contribution in [1.29, 1.82) is 0 Å². The molecular weight excluding hydrogens is 558 g/mol. The van der Waals surface area contributed by atoms with Gasteiger partial charge in [0.15, 0.2) is 0 Å². The van der Waals surface area contributed by atoms with Crippen LogP contribution in [0.15, 0.2) is 48.5 Å². The summed E-state index contributed by atoms with van der Waals surface area (Å²) in [5.41, 5.74) is 8.95. The van der Waals surface area contributed by atoms with Gasteiger partial charge < -0.3 is 20.1 Å². The normalized spacial score (nSPS) is 16.9. The number of ether oxygens (including phenoxy) is 2. The summed E-state index contributed by atoms with van der Waals surface area (Å²) in [5.74, 6) is 1.16. The van der Waals surface area contributed by atoms with Crippen molar-refractivity contribution in [3.63, 3.8) is 0 Å². The first kappa shape index (κ1) is 29.8. The van der Waals surface area contributed by atoms with E-state index in [9.17, 15) is 9.59 Å². The van der Waals surface area contributed by atoms with Crippen LogP contribution in [-0.2, 0) is 15.9 Å². The van der Waals surface area contributed by atoms with Crippen molar-refractivity contribution in [1.82, 2.24) is 24.6 Å². The highest BCUT2D eigenvalue weighted by Gasteiger charge is 2.36. The van der Waals surface area contributed by atoms with Crippen LogP contribution in [0.25, 0.3) is 27.8 Å². The minimum absolute atomic E-state index is 0.0346. The molecule has 2 saturated heterocycles. The second kappa shape index (κ2) is 12.0. The lowest BCUT2D eigenvalue weighted by Gasteiger charge is -2.45. The number of para-hydroxylation sites is 1. The predicted molar refractivity (Wildman–Crippen MR) is 170 cm³/mol. The zero-order chi connectivity index (χ0) is 31.0. The zero-order valence-electron chi connectivity index (χ0n) is 26.0. The number of nitrogens with zero attached hydrogens (tertiary/aromatic N) is 6. The molecule has 2 fully saturated rings. The van der Waals surface area contributed by atoms with Gasteiger partial charge in [-0.2, -0.15) is 0 Å². The summed E-state index contributed by atoms with van der Waals surface area (Å²) in [6.07, 6.45) is 2.02. The molecule has 4 aromatic rings. The van der Waals surface area contributed by atoms with Crippen molar-refractivity contribution in [2.24, 2.45) is 5.73 Å². The molecule has 2 aromatic heterocycles. The van der Waals surface area contributed by atoms with E-state index in [1.54, 1.807) is 12.1 Å². The number of carbonyl (C=O) groups excluding carboxylic acids is 2. The summed E-state index contributed by atoms with van der Waals surface area (Å²) < 4.78 is 13.5. The number of rotatable bonds is 6. The number of hydrogen-bond donors (Lipinski definition) is 1. The number of primary amides is 1. The lowest BCUT2D eigenvalue weighted by atomic mass is 10.0. The first-order valence-electron chi connectivity index (χ1n) is 15.4. The molecule has 44 heavy (non-hydrogen) atoms. The number of fused-ring (bicyclic) bond motifs is 2. The number of nitrogens with two attached hydrogens (primary N) is 1. The van der Waals surface area contributed by atoms with Crippen molar-refractivity contribution in [2.75, 3.05) is 44.3 Å². The highest BCUT2D eigenvalue weighted by atomic mass is 16.6. The molecule has 2 amide bonds. The molecule has 2 aliphatic heterocycles. The molecule has 2 N–H and O–H groups in total. The van der Waals surface area contributed by atoms with Crippen LogP contribution in [0.2, 0.25) is 0 Å². The molecule has 2 aromatic carbocycles. The van der Waals surface area contributed by atoms with Gasteiger partial charge in [-0.05, 0) is 70.0 Å². The van der Waals surface area contributed by atoms with Crippen molar-refractivity contribution in [3.8, 4) is 5.82 Å². The maximum atomic E-state index is 13.4. The van der Waals surface area contributed by atoms with E-state index < -0.39 is 11.5 Å². The number of pyridine rings is 1. The van der Waals surface area contributed by atoms with Gasteiger partial charge in [0.1, 0.15) is 17.2 Å². The number of morpholine rings is 1. The van der Waals surface area contributed by atoms with Gasteiger partial charge in [-0.3, -0.25) is 9.36 Å². The van der Waals surface area contributed by atoms with Crippen molar-refractivity contribution >= 4 is 39.6 Å². The number of benzene rings is 2. The van der Waals surface area contributed by atoms with Crippen LogP contribution in [0.3, 0.4) is 0 Å². The van der Waals surface area contributed by atoms with Gasteiger partial charge in [-0.15, -0.1) is 0 Å². The molecule has 232 valence electrons. The number of imidazole rings is 1. The Morgan fingerprint density at radius 2 is 1.77 bits per heavy atom. The van der Waals surface area contributed by atoms with Gasteiger partial charge in [0, 0.05) is 43.5 Å². The van der Waals surface area contributed by atoms with Gasteiger partial charge in [0.25, 0.3) is 0 Å². The van der Waals surface area contributed by atoms with Gasteiger partial charge in [0.05, 0.1) is 41.5 Å². The molecule has 0 atom stereocenters. The van der Waals surface area contributed by atoms with Gasteiger partial charge in [-0.25, -0.2) is 24.8 Å². The maximum absolute atomic E-state index is 13.4. The summed E-state index contributed by atoms with van der Waals surface area (Å²) in [4.78, 5) is 37.5. The molecule has 0 spiro atoms. The average molecular weight is 600 g/mol. The van der Waals surface area contributed by atoms with E-state index in [4.69, 9.17) is 25.2 Å². The summed E-state index contributed by atoms with van der Waals surface area (Å²) in [6.45, 7) is 11.9. The van der Waals surface area contributed by atoms with E-state index in [2.05, 4.69) is 45.7 Å². The van der Waals surface area contributed by atoms with E-state index in [0.717, 1.165) is 59.7 Å². The van der Waals surface area contributed by atoms with Crippen LogP contribution >= 0.6 is 0 Å². The molecule has 0 saturated carbocycles. The highest BCUT2D eigenvalue weighted by molar-refractivity contribution is 5.97. The fourth-order valence-corrected chi connectivity index (χ4v) is 6.20. The SMILES string of the molecule is CCc1nc2cc(C(N)=O)ccc2n1-c1ccc2cccc(N3CCC(N(C(=O)OC(C)(C)C)N4CCOCC4)CC3)c2n1. The smallest absolute Gasteiger partial charge is 0.425 e. The molecule has 0 unspecified atom stereocenters. The molecule has 4 heterocycles. The molecule has 0 radical (unpaired) electrons. The molecule has 0 bridgehead atoms. The number of amides is 2. The Morgan fingerprint density at radius 3 is 2.45 bits per heavy atom. The Kier molecular flexibility index (Phi) is 8.17. The van der Waals surface area contributed by atoms with Crippen LogP contribution in [0, 0.1) is 0 Å². The van der Waals surface area contributed by atoms with Crippen molar-refractivity contribution < 1.29 is 19.1 Å². The minimum Gasteiger partial charge on any atom is -0.443 e. The number of carbonyl (C=O) groups is 2. The summed E-state index contributed by atoms with van der Waals surface area (Å²) >= 11 is 0. The van der Waals surface area contributed by atoms with Crippen LogP contribution in [0.4, 0.5) is 10.5 Å². The van der Waals surface area contributed by atoms with Gasteiger partial charge in [-0.1, -0.05) is 19.1 Å². The van der Waals surface area contributed by atoms with E-state index >= 15 is 0 Å². The summed E-state index contributed by atoms with van der Waals surface area (Å²) in [5, 5.41) is 5.00. The largest absolute Gasteiger partial charge is 0.443 e. The number of hydrazine groups is 1. The second-order valence-electron chi connectivity index (χ2n) is 12.4. The second-order valence-corrected chi connectivity index (χ2v) is 12.4. The fraction of sp³-hybridized carbons (Fsp3) is 0.455. The molecule has 11 nitrogen and oxygen atoms in total. The third-order valence-corrected chi connectivity index (χ3v) is 8.26. The van der Waals surface area contributed by atoms with Crippen LogP contribution in [0.5, 0.6) is 0 Å². The Labute approximate surface area is 257 Å². The topological polar surface area (TPSA) is 119 Å². The molecular formula is C33H41N7O4. The monoisotopic (exact) mass is 599 g/mol. The van der Waals surface area contributed by atoms with E-state index in [-0.39, 0.29) is 12.1 Å². The van der Waals surface area contributed by atoms with Gasteiger partial charge in [0.2, 0.25) is 5.91 Å².